The van der Waals surface area contributed by atoms with E-state index >= 15 is 0 Å². The van der Waals surface area contributed by atoms with Crippen molar-refractivity contribution in [2.24, 2.45) is 0 Å². The molecule has 4 nitrogen and oxygen atoms in total. The van der Waals surface area contributed by atoms with Crippen molar-refractivity contribution in [1.29, 1.82) is 0 Å². The molecule has 2 aromatic carbocycles. The molecule has 0 aliphatic rings. The zero-order chi connectivity index (χ0) is 15.3. The number of methoxy groups -OCH3 is 1. The molecule has 112 valence electrons. The predicted molar refractivity (Wildman–Crippen MR) is 83.1 cm³/mol. The Hall–Kier alpha value is -1.85. The monoisotopic (exact) mass is 305 g/mol. The Morgan fingerprint density at radius 3 is 2.19 bits per heavy atom. The fourth-order valence-electron chi connectivity index (χ4n) is 1.92. The van der Waals surface area contributed by atoms with Gasteiger partial charge in [-0.15, -0.1) is 0 Å². The molecule has 5 heteroatoms. The smallest absolute Gasteiger partial charge is 0.240 e. The first-order chi connectivity index (χ1) is 10.0. The lowest BCUT2D eigenvalue weighted by Gasteiger charge is -2.08. The van der Waals surface area contributed by atoms with Gasteiger partial charge in [-0.2, -0.15) is 0 Å². The summed E-state index contributed by atoms with van der Waals surface area (Å²) >= 11 is 0. The average molecular weight is 305 g/mol. The minimum atomic E-state index is -3.47. The molecule has 0 amide bonds. The highest BCUT2D eigenvalue weighted by Crippen LogP contribution is 2.15. The van der Waals surface area contributed by atoms with Crippen LogP contribution in [0.4, 0.5) is 0 Å². The number of ether oxygens (including phenoxy) is 1. The molecule has 0 saturated carbocycles. The van der Waals surface area contributed by atoms with Gasteiger partial charge in [0, 0.05) is 6.54 Å². The number of rotatable bonds is 6. The Labute approximate surface area is 125 Å². The molecule has 0 atom stereocenters. The van der Waals surface area contributed by atoms with Gasteiger partial charge in [0.15, 0.2) is 0 Å². The van der Waals surface area contributed by atoms with Gasteiger partial charge in [0.05, 0.1) is 12.0 Å². The van der Waals surface area contributed by atoms with Crippen molar-refractivity contribution in [3.05, 3.63) is 59.7 Å². The molecule has 0 radical (unpaired) electrons. The van der Waals surface area contributed by atoms with Crippen molar-refractivity contribution in [3.63, 3.8) is 0 Å². The van der Waals surface area contributed by atoms with Crippen molar-refractivity contribution < 1.29 is 13.2 Å². The number of nitrogens with one attached hydrogen (secondary N) is 1. The normalized spacial score (nSPS) is 11.3. The second kappa shape index (κ2) is 6.74. The van der Waals surface area contributed by atoms with Gasteiger partial charge in [0.2, 0.25) is 10.0 Å². The lowest BCUT2D eigenvalue weighted by atomic mass is 10.1. The van der Waals surface area contributed by atoms with Crippen LogP contribution in [-0.2, 0) is 16.4 Å². The Morgan fingerprint density at radius 1 is 1.00 bits per heavy atom. The van der Waals surface area contributed by atoms with Gasteiger partial charge in [0.1, 0.15) is 5.75 Å². The number of sulfonamides is 1. The first-order valence-electron chi connectivity index (χ1n) is 6.70. The molecule has 0 aliphatic heterocycles. The molecule has 0 heterocycles. The minimum absolute atomic E-state index is 0.243. The van der Waals surface area contributed by atoms with E-state index in [1.165, 1.54) is 17.7 Å². The summed E-state index contributed by atoms with van der Waals surface area (Å²) in [6.45, 7) is 2.40. The summed E-state index contributed by atoms with van der Waals surface area (Å²) < 4.78 is 31.9. The minimum Gasteiger partial charge on any atom is -0.497 e. The summed E-state index contributed by atoms with van der Waals surface area (Å²) in [5, 5.41) is 0. The SMILES string of the molecule is COc1ccc(S(=O)(=O)NCCc2ccc(C)cc2)cc1. The molecule has 0 aromatic heterocycles. The largest absolute Gasteiger partial charge is 0.497 e. The first kappa shape index (κ1) is 15.5. The molecule has 0 aliphatic carbocycles. The van der Waals surface area contributed by atoms with Gasteiger partial charge < -0.3 is 4.74 Å². The Bertz CT molecular complexity index is 676. The highest BCUT2D eigenvalue weighted by atomic mass is 32.2. The molecule has 21 heavy (non-hydrogen) atoms. The van der Waals surface area contributed by atoms with Crippen LogP contribution in [0.25, 0.3) is 0 Å². The van der Waals surface area contributed by atoms with E-state index in [2.05, 4.69) is 4.72 Å². The fraction of sp³-hybridized carbons (Fsp3) is 0.250. The van der Waals surface area contributed by atoms with Crippen LogP contribution in [0.3, 0.4) is 0 Å². The van der Waals surface area contributed by atoms with Crippen LogP contribution in [0.2, 0.25) is 0 Å². The molecule has 0 bridgehead atoms. The summed E-state index contributed by atoms with van der Waals surface area (Å²) in [6.07, 6.45) is 0.662. The molecule has 2 aromatic rings. The zero-order valence-electron chi connectivity index (χ0n) is 12.2. The van der Waals surface area contributed by atoms with Gasteiger partial charge in [-0.3, -0.25) is 0 Å². The topological polar surface area (TPSA) is 55.4 Å². The molecule has 0 saturated heterocycles. The maximum Gasteiger partial charge on any atom is 0.240 e. The summed E-state index contributed by atoms with van der Waals surface area (Å²) in [4.78, 5) is 0.243. The van der Waals surface area contributed by atoms with Gasteiger partial charge in [-0.1, -0.05) is 29.8 Å². The third kappa shape index (κ3) is 4.31. The fourth-order valence-corrected chi connectivity index (χ4v) is 2.95. The average Bonchev–Trinajstić information content (AvgIpc) is 2.49. The van der Waals surface area contributed by atoms with Gasteiger partial charge in [-0.05, 0) is 43.2 Å². The number of benzene rings is 2. The van der Waals surface area contributed by atoms with E-state index in [-0.39, 0.29) is 4.90 Å². The third-order valence-corrected chi connectivity index (χ3v) is 4.67. The Balaban J connectivity index is 1.95. The predicted octanol–water partition coefficient (Wildman–Crippen LogP) is 2.52. The van der Waals surface area contributed by atoms with Gasteiger partial charge in [-0.25, -0.2) is 13.1 Å². The van der Waals surface area contributed by atoms with Gasteiger partial charge >= 0.3 is 0 Å². The van der Waals surface area contributed by atoms with E-state index in [9.17, 15) is 8.42 Å². The number of hydrogen-bond acceptors (Lipinski definition) is 3. The molecule has 0 fully saturated rings. The van der Waals surface area contributed by atoms with Crippen molar-refractivity contribution in [2.45, 2.75) is 18.2 Å². The van der Waals surface area contributed by atoms with Crippen molar-refractivity contribution >= 4 is 10.0 Å². The lowest BCUT2D eigenvalue weighted by molar-refractivity contribution is 0.414. The van der Waals surface area contributed by atoms with Crippen molar-refractivity contribution in [1.82, 2.24) is 4.72 Å². The van der Waals surface area contributed by atoms with Crippen LogP contribution in [0.15, 0.2) is 53.4 Å². The van der Waals surface area contributed by atoms with E-state index in [4.69, 9.17) is 4.74 Å². The zero-order valence-corrected chi connectivity index (χ0v) is 13.0. The molecular formula is C16H19NO3S. The molecular weight excluding hydrogens is 286 g/mol. The maximum absolute atomic E-state index is 12.1. The summed E-state index contributed by atoms with van der Waals surface area (Å²) in [5.41, 5.74) is 2.30. The summed E-state index contributed by atoms with van der Waals surface area (Å²) in [7, 11) is -1.92. The van der Waals surface area contributed by atoms with E-state index in [1.54, 1.807) is 19.2 Å². The number of hydrogen-bond donors (Lipinski definition) is 1. The van der Waals surface area contributed by atoms with Crippen LogP contribution < -0.4 is 9.46 Å². The second-order valence-electron chi connectivity index (χ2n) is 4.81. The van der Waals surface area contributed by atoms with Crippen LogP contribution in [0, 0.1) is 6.92 Å². The summed E-state index contributed by atoms with van der Waals surface area (Å²) in [6, 6.07) is 14.4. The van der Waals surface area contributed by atoms with E-state index < -0.39 is 10.0 Å². The van der Waals surface area contributed by atoms with Crippen molar-refractivity contribution in [3.8, 4) is 5.75 Å². The molecule has 1 N–H and O–H groups in total. The van der Waals surface area contributed by atoms with E-state index in [0.717, 1.165) is 5.56 Å². The molecule has 0 unspecified atom stereocenters. The van der Waals surface area contributed by atoms with E-state index in [1.807, 2.05) is 31.2 Å². The summed E-state index contributed by atoms with van der Waals surface area (Å²) in [5.74, 6) is 0.633. The second-order valence-corrected chi connectivity index (χ2v) is 6.58. The van der Waals surface area contributed by atoms with E-state index in [0.29, 0.717) is 18.7 Å². The molecule has 2 rings (SSSR count). The Morgan fingerprint density at radius 2 is 1.62 bits per heavy atom. The lowest BCUT2D eigenvalue weighted by Crippen LogP contribution is -2.25. The highest BCUT2D eigenvalue weighted by Gasteiger charge is 2.13. The van der Waals surface area contributed by atoms with Crippen LogP contribution in [-0.4, -0.2) is 22.1 Å². The first-order valence-corrected chi connectivity index (χ1v) is 8.19. The van der Waals surface area contributed by atoms with Crippen LogP contribution in [0.1, 0.15) is 11.1 Å². The highest BCUT2D eigenvalue weighted by molar-refractivity contribution is 7.89. The molecule has 0 spiro atoms. The standard InChI is InChI=1S/C16H19NO3S/c1-13-3-5-14(6-4-13)11-12-17-21(18,19)16-9-7-15(20-2)8-10-16/h3-10,17H,11-12H2,1-2H3. The quantitative estimate of drug-likeness (QED) is 0.892. The third-order valence-electron chi connectivity index (χ3n) is 3.20. The van der Waals surface area contributed by atoms with Gasteiger partial charge in [0.25, 0.3) is 0 Å². The Kier molecular flexibility index (Phi) is 4.98. The van der Waals surface area contributed by atoms with Crippen molar-refractivity contribution in [2.75, 3.05) is 13.7 Å². The number of aryl methyl sites for hydroxylation is 1. The van der Waals surface area contributed by atoms with Crippen LogP contribution in [0.5, 0.6) is 5.75 Å². The maximum atomic E-state index is 12.1. The van der Waals surface area contributed by atoms with Crippen LogP contribution >= 0.6 is 0 Å².